The molecule has 5 nitrogen and oxygen atoms in total. The first-order valence-corrected chi connectivity index (χ1v) is 7.63. The highest BCUT2D eigenvalue weighted by molar-refractivity contribution is 7.92. The second kappa shape index (κ2) is 5.47. The van der Waals surface area contributed by atoms with E-state index in [1.165, 1.54) is 23.7 Å². The van der Waals surface area contributed by atoms with Crippen LogP contribution in [-0.4, -0.2) is 20.4 Å². The molecular weight excluding hydrogens is 270 g/mol. The summed E-state index contributed by atoms with van der Waals surface area (Å²) in [5, 5.41) is 4.62. The highest BCUT2D eigenvalue weighted by Crippen LogP contribution is 2.21. The van der Waals surface area contributed by atoms with Crippen molar-refractivity contribution in [1.29, 1.82) is 0 Å². The Hall–Kier alpha value is -1.44. The Balaban J connectivity index is 2.20. The number of nitrogens with one attached hydrogen (secondary N) is 2. The second-order valence-electron chi connectivity index (χ2n) is 3.62. The summed E-state index contributed by atoms with van der Waals surface area (Å²) in [6.45, 7) is 0.662. The fourth-order valence-corrected chi connectivity index (χ4v) is 3.75. The van der Waals surface area contributed by atoms with Crippen molar-refractivity contribution in [1.82, 2.24) is 10.3 Å². The van der Waals surface area contributed by atoms with Crippen molar-refractivity contribution in [2.45, 2.75) is 11.4 Å². The van der Waals surface area contributed by atoms with Gasteiger partial charge in [0.05, 0.1) is 10.6 Å². The third-order valence-corrected chi connectivity index (χ3v) is 4.67. The molecule has 0 fully saturated rings. The largest absolute Gasteiger partial charge is 0.315 e. The molecule has 7 heteroatoms. The molecule has 2 rings (SSSR count). The van der Waals surface area contributed by atoms with Gasteiger partial charge in [-0.05, 0) is 25.2 Å². The molecule has 0 atom stereocenters. The van der Waals surface area contributed by atoms with Crippen LogP contribution in [0, 0.1) is 0 Å². The molecule has 96 valence electrons. The molecule has 18 heavy (non-hydrogen) atoms. The van der Waals surface area contributed by atoms with Crippen molar-refractivity contribution in [2.24, 2.45) is 0 Å². The van der Waals surface area contributed by atoms with Crippen molar-refractivity contribution >= 4 is 27.0 Å². The minimum atomic E-state index is -3.51. The van der Waals surface area contributed by atoms with Crippen LogP contribution < -0.4 is 10.0 Å². The molecule has 0 saturated heterocycles. The minimum absolute atomic E-state index is 0.287. The Morgan fingerprint density at radius 1 is 1.33 bits per heavy atom. The van der Waals surface area contributed by atoms with Crippen LogP contribution in [0.25, 0.3) is 0 Å². The van der Waals surface area contributed by atoms with Crippen LogP contribution in [0.15, 0.2) is 40.9 Å². The van der Waals surface area contributed by atoms with Gasteiger partial charge >= 0.3 is 0 Å². The van der Waals surface area contributed by atoms with Crippen LogP contribution in [0.2, 0.25) is 0 Å². The lowest BCUT2D eigenvalue weighted by atomic mass is 10.4. The van der Waals surface area contributed by atoms with Crippen LogP contribution in [0.3, 0.4) is 0 Å². The van der Waals surface area contributed by atoms with E-state index in [1.54, 1.807) is 23.6 Å². The number of sulfonamides is 1. The maximum absolute atomic E-state index is 12.1. The van der Waals surface area contributed by atoms with Crippen molar-refractivity contribution in [2.75, 3.05) is 11.8 Å². The van der Waals surface area contributed by atoms with E-state index in [9.17, 15) is 8.42 Å². The normalized spacial score (nSPS) is 11.4. The van der Waals surface area contributed by atoms with Crippen molar-refractivity contribution in [3.63, 3.8) is 0 Å². The summed E-state index contributed by atoms with van der Waals surface area (Å²) >= 11 is 1.42. The third-order valence-electron chi connectivity index (χ3n) is 2.22. The maximum Gasteiger partial charge on any atom is 0.262 e. The number of anilines is 1. The molecule has 0 spiro atoms. The average Bonchev–Trinajstić information content (AvgIpc) is 2.80. The molecule has 0 amide bonds. The Morgan fingerprint density at radius 3 is 2.72 bits per heavy atom. The number of hydrogen-bond acceptors (Lipinski definition) is 5. The molecule has 0 bridgehead atoms. The predicted molar refractivity (Wildman–Crippen MR) is 72.1 cm³/mol. The zero-order chi connectivity index (χ0) is 13.0. The van der Waals surface area contributed by atoms with Gasteiger partial charge in [-0.15, -0.1) is 11.3 Å². The van der Waals surface area contributed by atoms with Gasteiger partial charge in [-0.3, -0.25) is 9.71 Å². The minimum Gasteiger partial charge on any atom is -0.315 e. The first-order valence-electron chi connectivity index (χ1n) is 5.26. The van der Waals surface area contributed by atoms with Crippen molar-refractivity contribution < 1.29 is 8.42 Å². The number of rotatable bonds is 5. The molecule has 0 aromatic carbocycles. The van der Waals surface area contributed by atoms with Gasteiger partial charge in [0, 0.05) is 29.2 Å². The zero-order valence-corrected chi connectivity index (χ0v) is 11.4. The number of thiophene rings is 1. The van der Waals surface area contributed by atoms with E-state index >= 15 is 0 Å². The van der Waals surface area contributed by atoms with Gasteiger partial charge in [0.25, 0.3) is 10.0 Å². The molecule has 0 aliphatic heterocycles. The molecule has 0 saturated carbocycles. The summed E-state index contributed by atoms with van der Waals surface area (Å²) < 4.78 is 26.7. The average molecular weight is 283 g/mol. The molecule has 2 aromatic rings. The summed E-state index contributed by atoms with van der Waals surface area (Å²) in [6.07, 6.45) is 3.08. The van der Waals surface area contributed by atoms with E-state index in [2.05, 4.69) is 15.0 Å². The molecule has 2 aromatic heterocycles. The van der Waals surface area contributed by atoms with E-state index in [4.69, 9.17) is 0 Å². The van der Waals surface area contributed by atoms with Gasteiger partial charge in [0.2, 0.25) is 0 Å². The van der Waals surface area contributed by atoms with Gasteiger partial charge in [-0.25, -0.2) is 8.42 Å². The summed E-state index contributed by atoms with van der Waals surface area (Å²) in [7, 11) is -1.68. The number of pyridine rings is 1. The molecule has 2 heterocycles. The first kappa shape index (κ1) is 13.0. The molecule has 2 N–H and O–H groups in total. The Morgan fingerprint density at radius 2 is 2.06 bits per heavy atom. The molecule has 0 aliphatic rings. The quantitative estimate of drug-likeness (QED) is 0.875. The van der Waals surface area contributed by atoms with Crippen molar-refractivity contribution in [3.8, 4) is 0 Å². The predicted octanol–water partition coefficient (Wildman–Crippen LogP) is 1.66. The summed E-state index contributed by atoms with van der Waals surface area (Å²) in [5.74, 6) is 0. The van der Waals surface area contributed by atoms with E-state index in [0.29, 0.717) is 12.2 Å². The van der Waals surface area contributed by atoms with E-state index in [0.717, 1.165) is 4.88 Å². The number of aromatic nitrogens is 1. The Labute approximate surface area is 110 Å². The first-order chi connectivity index (χ1) is 8.62. The standard InChI is InChI=1S/C11H13N3O2S2/c1-12-7-10-6-11(8-17-10)18(15,16)14-9-2-4-13-5-3-9/h2-6,8,12H,7H2,1H3,(H,13,14). The van der Waals surface area contributed by atoms with Crippen molar-refractivity contribution in [3.05, 3.63) is 40.8 Å². The van der Waals surface area contributed by atoms with Crippen LogP contribution in [-0.2, 0) is 16.6 Å². The number of nitrogens with zero attached hydrogens (tertiary/aromatic N) is 1. The lowest BCUT2D eigenvalue weighted by molar-refractivity contribution is 0.601. The SMILES string of the molecule is CNCc1cc(S(=O)(=O)Nc2ccncc2)cs1. The fourth-order valence-electron chi connectivity index (χ4n) is 1.40. The van der Waals surface area contributed by atoms with Crippen LogP contribution in [0.4, 0.5) is 5.69 Å². The maximum atomic E-state index is 12.1. The monoisotopic (exact) mass is 283 g/mol. The van der Waals surface area contributed by atoms with Gasteiger partial charge in [0.15, 0.2) is 0 Å². The molecule has 0 aliphatic carbocycles. The summed E-state index contributed by atoms with van der Waals surface area (Å²) in [6, 6.07) is 4.89. The van der Waals surface area contributed by atoms with Gasteiger partial charge in [-0.1, -0.05) is 0 Å². The second-order valence-corrected chi connectivity index (χ2v) is 6.30. The summed E-state index contributed by atoms with van der Waals surface area (Å²) in [4.78, 5) is 5.10. The van der Waals surface area contributed by atoms with Gasteiger partial charge in [-0.2, -0.15) is 0 Å². The lowest BCUT2D eigenvalue weighted by Gasteiger charge is -2.05. The molecule has 0 unspecified atom stereocenters. The smallest absolute Gasteiger partial charge is 0.262 e. The molecule has 0 radical (unpaired) electrons. The number of hydrogen-bond donors (Lipinski definition) is 2. The lowest BCUT2D eigenvalue weighted by Crippen LogP contribution is -2.12. The van der Waals surface area contributed by atoms with E-state index in [-0.39, 0.29) is 4.90 Å². The van der Waals surface area contributed by atoms with Crippen LogP contribution in [0.1, 0.15) is 4.88 Å². The summed E-state index contributed by atoms with van der Waals surface area (Å²) in [5.41, 5.74) is 0.506. The van der Waals surface area contributed by atoms with Gasteiger partial charge < -0.3 is 5.32 Å². The Kier molecular flexibility index (Phi) is 3.95. The van der Waals surface area contributed by atoms with Crippen LogP contribution >= 0.6 is 11.3 Å². The Bertz CT molecular complexity index is 608. The molecular formula is C11H13N3O2S2. The van der Waals surface area contributed by atoms with Crippen LogP contribution in [0.5, 0.6) is 0 Å². The fraction of sp³-hybridized carbons (Fsp3) is 0.182. The third kappa shape index (κ3) is 3.06. The highest BCUT2D eigenvalue weighted by Gasteiger charge is 2.16. The topological polar surface area (TPSA) is 71.1 Å². The van der Waals surface area contributed by atoms with E-state index < -0.39 is 10.0 Å². The highest BCUT2D eigenvalue weighted by atomic mass is 32.2. The van der Waals surface area contributed by atoms with Gasteiger partial charge in [0.1, 0.15) is 0 Å². The van der Waals surface area contributed by atoms with E-state index in [1.807, 2.05) is 7.05 Å². The zero-order valence-electron chi connectivity index (χ0n) is 9.75.